The van der Waals surface area contributed by atoms with Crippen LogP contribution in [-0.2, 0) is 15.6 Å². The Morgan fingerprint density at radius 1 is 0.780 bits per heavy atom. The van der Waals surface area contributed by atoms with Gasteiger partial charge in [-0.2, -0.15) is 10.2 Å². The minimum atomic E-state index is -0.315. The number of halogens is 2. The molecule has 262 valence electrons. The van der Waals surface area contributed by atoms with E-state index in [2.05, 4.69) is 46.3 Å². The van der Waals surface area contributed by atoms with E-state index in [0.717, 1.165) is 68.8 Å². The number of ether oxygens (including phenoxy) is 1. The first-order valence-corrected chi connectivity index (χ1v) is 17.3. The van der Waals surface area contributed by atoms with Gasteiger partial charge in [0.15, 0.2) is 0 Å². The summed E-state index contributed by atoms with van der Waals surface area (Å²) in [6.45, 7) is 4.36. The molecule has 6 heterocycles. The molecule has 12 nitrogen and oxygen atoms in total. The molecule has 4 aromatic rings. The number of rotatable bonds is 10. The van der Waals surface area contributed by atoms with Crippen molar-refractivity contribution in [2.75, 3.05) is 57.0 Å². The van der Waals surface area contributed by atoms with E-state index in [4.69, 9.17) is 4.74 Å². The zero-order valence-corrected chi connectivity index (χ0v) is 28.1. The number of methoxy groups -OCH3 is 1. The third-order valence-electron chi connectivity index (χ3n) is 10.7. The lowest BCUT2D eigenvalue weighted by atomic mass is 9.66. The maximum Gasteiger partial charge on any atom is 0.409 e. The van der Waals surface area contributed by atoms with Crippen LogP contribution < -0.4 is 16.0 Å². The van der Waals surface area contributed by atoms with E-state index in [0.29, 0.717) is 49.3 Å². The number of carbonyl (C=O) groups excluding carboxylic acids is 1. The molecule has 8 rings (SSSR count). The SMILES string of the molecule is COC(=O)N1CC(c2ccc(NCC3(c4ncccc4F)CCC3)nn2)C1.Fc1cccnc1C1(CNc2ccc(C3CNC3)nn2)CCC1. The molecule has 0 unspecified atom stereocenters. The largest absolute Gasteiger partial charge is 0.453 e. The van der Waals surface area contributed by atoms with Crippen LogP contribution in [0.5, 0.6) is 0 Å². The number of likely N-dealkylation sites (tertiary alicyclic amines) is 1. The minimum absolute atomic E-state index is 0.186. The van der Waals surface area contributed by atoms with Gasteiger partial charge in [-0.05, 0) is 74.2 Å². The highest BCUT2D eigenvalue weighted by molar-refractivity contribution is 5.68. The molecule has 14 heteroatoms. The van der Waals surface area contributed by atoms with Crippen LogP contribution in [0.1, 0.15) is 73.1 Å². The van der Waals surface area contributed by atoms with Crippen molar-refractivity contribution >= 4 is 17.7 Å². The van der Waals surface area contributed by atoms with Crippen molar-refractivity contribution in [2.24, 2.45) is 0 Å². The molecule has 0 radical (unpaired) electrons. The number of hydrogen-bond donors (Lipinski definition) is 3. The first kappa shape index (κ1) is 33.6. The van der Waals surface area contributed by atoms with E-state index in [9.17, 15) is 13.6 Å². The monoisotopic (exact) mass is 684 g/mol. The lowest BCUT2D eigenvalue weighted by Crippen LogP contribution is -2.48. The lowest BCUT2D eigenvalue weighted by molar-refractivity contribution is 0.0870. The molecule has 0 aromatic carbocycles. The normalized spacial score (nSPS) is 19.0. The second kappa shape index (κ2) is 14.6. The third-order valence-corrected chi connectivity index (χ3v) is 10.7. The van der Waals surface area contributed by atoms with Gasteiger partial charge in [-0.15, -0.1) is 10.2 Å². The predicted molar refractivity (Wildman–Crippen MR) is 183 cm³/mol. The van der Waals surface area contributed by atoms with Crippen LogP contribution in [0.2, 0.25) is 0 Å². The van der Waals surface area contributed by atoms with E-state index >= 15 is 0 Å². The van der Waals surface area contributed by atoms with E-state index in [1.807, 2.05) is 24.3 Å². The standard InChI is InChI=1S/C19H22FN5O2.C17H20FN5/c1-27-18(26)25-10-13(11-25)15-5-6-16(24-23-15)22-12-19(7-3-8-19)17-14(20)4-2-9-21-17;18-13-3-1-8-20-16(13)17(6-2-7-17)11-21-15-5-4-14(22-23-15)12-9-19-10-12/h2,4-6,9,13H,3,7-8,10-12H2,1H3,(H,22,24);1,3-5,8,12,19H,2,6-7,9-11H2,(H,21,23). The summed E-state index contributed by atoms with van der Waals surface area (Å²) < 4.78 is 33.0. The Bertz CT molecular complexity index is 1760. The molecular formula is C36H42F2N10O2. The fourth-order valence-electron chi connectivity index (χ4n) is 7.02. The molecule has 0 spiro atoms. The molecule has 0 bridgehead atoms. The van der Waals surface area contributed by atoms with Crippen LogP contribution in [0.15, 0.2) is 60.9 Å². The lowest BCUT2D eigenvalue weighted by Gasteiger charge is -2.41. The molecule has 0 atom stereocenters. The molecule has 50 heavy (non-hydrogen) atoms. The van der Waals surface area contributed by atoms with Gasteiger partial charge >= 0.3 is 6.09 Å². The molecule has 4 aromatic heterocycles. The zero-order valence-electron chi connectivity index (χ0n) is 28.1. The van der Waals surface area contributed by atoms with E-state index < -0.39 is 0 Å². The summed E-state index contributed by atoms with van der Waals surface area (Å²) in [6, 6.07) is 14.0. The molecule has 2 saturated heterocycles. The second-order valence-corrected chi connectivity index (χ2v) is 13.8. The van der Waals surface area contributed by atoms with Crippen molar-refractivity contribution in [3.05, 3.63) is 95.3 Å². The van der Waals surface area contributed by atoms with Gasteiger partial charge in [-0.3, -0.25) is 9.97 Å². The Labute approximate surface area is 289 Å². The molecule has 2 aliphatic carbocycles. The molecule has 3 N–H and O–H groups in total. The maximum atomic E-state index is 14.2. The third kappa shape index (κ3) is 6.93. The van der Waals surface area contributed by atoms with Gasteiger partial charge in [0.05, 0.1) is 29.9 Å². The van der Waals surface area contributed by atoms with Gasteiger partial charge in [0.1, 0.15) is 23.3 Å². The van der Waals surface area contributed by atoms with E-state index in [1.165, 1.54) is 19.2 Å². The average Bonchev–Trinajstić information content (AvgIpc) is 3.05. The van der Waals surface area contributed by atoms with Crippen molar-refractivity contribution < 1.29 is 18.3 Å². The van der Waals surface area contributed by atoms with Crippen molar-refractivity contribution in [3.8, 4) is 0 Å². The van der Waals surface area contributed by atoms with Gasteiger partial charge in [0.25, 0.3) is 0 Å². The number of anilines is 2. The number of pyridine rings is 2. The van der Waals surface area contributed by atoms with Crippen molar-refractivity contribution in [2.45, 2.75) is 61.2 Å². The van der Waals surface area contributed by atoms with Gasteiger partial charge < -0.3 is 25.6 Å². The van der Waals surface area contributed by atoms with Crippen LogP contribution in [0.3, 0.4) is 0 Å². The van der Waals surface area contributed by atoms with Crippen LogP contribution in [0.25, 0.3) is 0 Å². The first-order chi connectivity index (χ1) is 24.4. The van der Waals surface area contributed by atoms with Gasteiger partial charge in [-0.1, -0.05) is 12.8 Å². The average molecular weight is 685 g/mol. The summed E-state index contributed by atoms with van der Waals surface area (Å²) in [6.07, 6.45) is 8.89. The number of carbonyl (C=O) groups is 1. The quantitative estimate of drug-likeness (QED) is 0.209. The fourth-order valence-corrected chi connectivity index (χ4v) is 7.02. The molecule has 1 amide bonds. The summed E-state index contributed by atoms with van der Waals surface area (Å²) in [4.78, 5) is 21.6. The number of aromatic nitrogens is 6. The first-order valence-electron chi connectivity index (χ1n) is 17.3. The van der Waals surface area contributed by atoms with Gasteiger partial charge in [0, 0.05) is 74.3 Å². The van der Waals surface area contributed by atoms with Gasteiger partial charge in [-0.25, -0.2) is 13.6 Å². The van der Waals surface area contributed by atoms with Crippen molar-refractivity contribution in [1.29, 1.82) is 0 Å². The Morgan fingerprint density at radius 3 is 1.64 bits per heavy atom. The highest BCUT2D eigenvalue weighted by Crippen LogP contribution is 2.44. The number of amides is 1. The molecule has 2 aliphatic heterocycles. The van der Waals surface area contributed by atoms with E-state index in [1.54, 1.807) is 29.4 Å². The topological polar surface area (TPSA) is 143 Å². The zero-order chi connectivity index (χ0) is 34.6. The smallest absolute Gasteiger partial charge is 0.409 e. The number of hydrogen-bond acceptors (Lipinski definition) is 11. The van der Waals surface area contributed by atoms with Crippen LogP contribution in [0.4, 0.5) is 25.2 Å². The summed E-state index contributed by atoms with van der Waals surface area (Å²) in [5.74, 6) is 1.60. The number of nitrogens with zero attached hydrogens (tertiary/aromatic N) is 7. The molecule has 4 aliphatic rings. The summed E-state index contributed by atoms with van der Waals surface area (Å²) in [5, 5.41) is 26.9. The van der Waals surface area contributed by atoms with Crippen molar-refractivity contribution in [1.82, 2.24) is 40.6 Å². The second-order valence-electron chi connectivity index (χ2n) is 13.8. The van der Waals surface area contributed by atoms with Crippen LogP contribution in [0, 0.1) is 11.6 Å². The Balaban J connectivity index is 0.000000159. The summed E-state index contributed by atoms with van der Waals surface area (Å²) >= 11 is 0. The summed E-state index contributed by atoms with van der Waals surface area (Å²) in [5.41, 5.74) is 2.50. The van der Waals surface area contributed by atoms with Crippen molar-refractivity contribution in [3.63, 3.8) is 0 Å². The Hall–Kier alpha value is -4.85. The minimum Gasteiger partial charge on any atom is -0.453 e. The van der Waals surface area contributed by atoms with Crippen LogP contribution in [-0.4, -0.2) is 87.7 Å². The Morgan fingerprint density at radius 2 is 1.28 bits per heavy atom. The molecule has 4 fully saturated rings. The summed E-state index contributed by atoms with van der Waals surface area (Å²) in [7, 11) is 1.38. The predicted octanol–water partition coefficient (Wildman–Crippen LogP) is 4.94. The maximum absolute atomic E-state index is 14.2. The van der Waals surface area contributed by atoms with E-state index in [-0.39, 0.29) is 34.5 Å². The highest BCUT2D eigenvalue weighted by atomic mass is 19.1. The molecule has 2 saturated carbocycles. The Kier molecular flexibility index (Phi) is 9.79. The number of nitrogens with one attached hydrogen (secondary N) is 3. The van der Waals surface area contributed by atoms with Crippen LogP contribution >= 0.6 is 0 Å². The molecular weight excluding hydrogens is 642 g/mol. The fraction of sp³-hybridized carbons (Fsp3) is 0.472. The van der Waals surface area contributed by atoms with Gasteiger partial charge in [0.2, 0.25) is 0 Å². The highest BCUT2D eigenvalue weighted by Gasteiger charge is 2.43.